The first-order chi connectivity index (χ1) is 17.6. The summed E-state index contributed by atoms with van der Waals surface area (Å²) in [5.74, 6) is 2.17. The van der Waals surface area contributed by atoms with Crippen LogP contribution in [0.25, 0.3) is 22.4 Å². The minimum absolute atomic E-state index is 0.117. The van der Waals surface area contributed by atoms with Crippen molar-refractivity contribution in [1.82, 2.24) is 14.5 Å². The summed E-state index contributed by atoms with van der Waals surface area (Å²) in [4.78, 5) is 23.8. The summed E-state index contributed by atoms with van der Waals surface area (Å²) in [5, 5.41) is 0. The van der Waals surface area contributed by atoms with Gasteiger partial charge in [0.05, 0.1) is 33.1 Å². The van der Waals surface area contributed by atoms with Crippen LogP contribution in [0.15, 0.2) is 77.9 Å². The molecule has 0 amide bonds. The number of aromatic nitrogens is 3. The lowest BCUT2D eigenvalue weighted by atomic mass is 9.98. The highest BCUT2D eigenvalue weighted by molar-refractivity contribution is 5.67. The van der Waals surface area contributed by atoms with Gasteiger partial charge < -0.3 is 19.1 Å². The number of nitrogens with zero attached hydrogens (tertiary/aromatic N) is 4. The van der Waals surface area contributed by atoms with Crippen molar-refractivity contribution in [3.63, 3.8) is 0 Å². The number of ether oxygens (including phenoxy) is 3. The Balaban J connectivity index is 1.48. The third kappa shape index (κ3) is 4.67. The molecular weight excluding hydrogens is 456 g/mol. The Hall–Kier alpha value is -4.17. The van der Waals surface area contributed by atoms with Crippen LogP contribution < -0.4 is 19.9 Å². The fourth-order valence-electron chi connectivity index (χ4n) is 4.45. The largest absolute Gasteiger partial charge is 0.497 e. The number of anilines is 1. The van der Waals surface area contributed by atoms with E-state index in [-0.39, 0.29) is 11.7 Å². The number of pyridine rings is 1. The van der Waals surface area contributed by atoms with Crippen LogP contribution in [0.1, 0.15) is 11.7 Å². The molecule has 5 rings (SSSR count). The van der Waals surface area contributed by atoms with Crippen molar-refractivity contribution in [2.45, 2.75) is 6.10 Å². The highest BCUT2D eigenvalue weighted by Crippen LogP contribution is 2.35. The molecule has 0 aliphatic carbocycles. The molecule has 0 spiro atoms. The maximum atomic E-state index is 12.8. The molecule has 2 aromatic heterocycles. The molecule has 36 heavy (non-hydrogen) atoms. The molecule has 1 unspecified atom stereocenters. The highest BCUT2D eigenvalue weighted by Gasteiger charge is 2.27. The van der Waals surface area contributed by atoms with E-state index in [0.717, 1.165) is 33.8 Å². The van der Waals surface area contributed by atoms with Gasteiger partial charge in [0.25, 0.3) is 5.56 Å². The Labute approximate surface area is 209 Å². The minimum atomic E-state index is -0.256. The Bertz CT molecular complexity index is 1400. The highest BCUT2D eigenvalue weighted by atomic mass is 16.5. The summed E-state index contributed by atoms with van der Waals surface area (Å²) in [7, 11) is 5.07. The monoisotopic (exact) mass is 484 g/mol. The normalized spacial score (nSPS) is 15.5. The second kappa shape index (κ2) is 10.2. The molecule has 0 radical (unpaired) electrons. The fourth-order valence-corrected chi connectivity index (χ4v) is 4.45. The molecular formula is C28H28N4O4. The standard InChI is InChI=1S/C28H28N4O4/c1-31-27(33)17-24(20-10-12-29-13-11-20)30-28(31)32-14-15-36-26(18-32)23-16-21(6-9-25(23)35-3)19-4-7-22(34-2)8-5-19/h4-13,16-17,26H,14-15,18H2,1-3H3. The molecule has 1 atom stereocenters. The quantitative estimate of drug-likeness (QED) is 0.408. The molecule has 3 heterocycles. The number of rotatable bonds is 6. The average molecular weight is 485 g/mol. The topological polar surface area (TPSA) is 78.7 Å². The summed E-state index contributed by atoms with van der Waals surface area (Å²) in [6.07, 6.45) is 3.13. The molecule has 1 aliphatic heterocycles. The second-order valence-corrected chi connectivity index (χ2v) is 8.57. The van der Waals surface area contributed by atoms with Gasteiger partial charge in [-0.05, 0) is 47.5 Å². The van der Waals surface area contributed by atoms with Crippen LogP contribution in [-0.2, 0) is 11.8 Å². The first-order valence-electron chi connectivity index (χ1n) is 11.7. The van der Waals surface area contributed by atoms with Crippen molar-refractivity contribution in [3.8, 4) is 33.9 Å². The average Bonchev–Trinajstić information content (AvgIpc) is 2.94. The summed E-state index contributed by atoms with van der Waals surface area (Å²) < 4.78 is 18.8. The van der Waals surface area contributed by atoms with Crippen LogP contribution in [0.4, 0.5) is 5.95 Å². The van der Waals surface area contributed by atoms with E-state index in [4.69, 9.17) is 19.2 Å². The van der Waals surface area contributed by atoms with E-state index >= 15 is 0 Å². The van der Waals surface area contributed by atoms with Gasteiger partial charge in [-0.2, -0.15) is 0 Å². The SMILES string of the molecule is COc1ccc(-c2ccc(OC)c(C3CN(c4nc(-c5ccncc5)cc(=O)n4C)CCO3)c2)cc1. The van der Waals surface area contributed by atoms with Gasteiger partial charge in [0.2, 0.25) is 5.95 Å². The van der Waals surface area contributed by atoms with E-state index in [1.165, 1.54) is 0 Å². The van der Waals surface area contributed by atoms with Gasteiger partial charge in [0.1, 0.15) is 17.6 Å². The lowest BCUT2D eigenvalue weighted by molar-refractivity contribution is 0.0375. The molecule has 0 bridgehead atoms. The summed E-state index contributed by atoms with van der Waals surface area (Å²) in [6, 6.07) is 19.3. The zero-order valence-corrected chi connectivity index (χ0v) is 20.5. The van der Waals surface area contributed by atoms with E-state index in [2.05, 4.69) is 16.0 Å². The zero-order chi connectivity index (χ0) is 25.1. The maximum absolute atomic E-state index is 12.8. The van der Waals surface area contributed by atoms with Crippen LogP contribution in [0.2, 0.25) is 0 Å². The molecule has 0 N–H and O–H groups in total. The predicted molar refractivity (Wildman–Crippen MR) is 139 cm³/mol. The predicted octanol–water partition coefficient (Wildman–Crippen LogP) is 4.10. The van der Waals surface area contributed by atoms with Gasteiger partial charge in [0.15, 0.2) is 0 Å². The number of benzene rings is 2. The van der Waals surface area contributed by atoms with E-state index < -0.39 is 0 Å². The second-order valence-electron chi connectivity index (χ2n) is 8.57. The van der Waals surface area contributed by atoms with Crippen LogP contribution in [0, 0.1) is 0 Å². The van der Waals surface area contributed by atoms with Crippen molar-refractivity contribution >= 4 is 5.95 Å². The first kappa shape index (κ1) is 23.6. The number of hydrogen-bond donors (Lipinski definition) is 0. The number of methoxy groups -OCH3 is 2. The van der Waals surface area contributed by atoms with Gasteiger partial charge in [-0.25, -0.2) is 4.98 Å². The fraction of sp³-hybridized carbons (Fsp3) is 0.250. The molecule has 4 aromatic rings. The van der Waals surface area contributed by atoms with Crippen LogP contribution in [0.5, 0.6) is 11.5 Å². The van der Waals surface area contributed by atoms with Crippen molar-refractivity contribution in [2.75, 3.05) is 38.8 Å². The molecule has 1 saturated heterocycles. The third-order valence-electron chi connectivity index (χ3n) is 6.44. The van der Waals surface area contributed by atoms with Gasteiger partial charge in [-0.1, -0.05) is 18.2 Å². The van der Waals surface area contributed by atoms with Gasteiger partial charge >= 0.3 is 0 Å². The van der Waals surface area contributed by atoms with Gasteiger partial charge in [0, 0.05) is 43.2 Å². The molecule has 8 heteroatoms. The van der Waals surface area contributed by atoms with Crippen LogP contribution >= 0.6 is 0 Å². The lowest BCUT2D eigenvalue weighted by Crippen LogP contribution is -2.41. The van der Waals surface area contributed by atoms with E-state index in [0.29, 0.717) is 31.3 Å². The minimum Gasteiger partial charge on any atom is -0.497 e. The van der Waals surface area contributed by atoms with Crippen molar-refractivity contribution < 1.29 is 14.2 Å². The number of hydrogen-bond acceptors (Lipinski definition) is 7. The summed E-state index contributed by atoms with van der Waals surface area (Å²) >= 11 is 0. The van der Waals surface area contributed by atoms with Gasteiger partial charge in [-0.3, -0.25) is 14.3 Å². The lowest BCUT2D eigenvalue weighted by Gasteiger charge is -2.35. The van der Waals surface area contributed by atoms with Crippen LogP contribution in [0.3, 0.4) is 0 Å². The Morgan fingerprint density at radius 1 is 0.917 bits per heavy atom. The molecule has 0 saturated carbocycles. The number of morpholine rings is 1. The van der Waals surface area contributed by atoms with E-state index in [9.17, 15) is 4.79 Å². The summed E-state index contributed by atoms with van der Waals surface area (Å²) in [5.41, 5.74) is 4.43. The summed E-state index contributed by atoms with van der Waals surface area (Å²) in [6.45, 7) is 1.65. The first-order valence-corrected chi connectivity index (χ1v) is 11.7. The smallest absolute Gasteiger partial charge is 0.255 e. The molecule has 184 valence electrons. The van der Waals surface area contributed by atoms with Gasteiger partial charge in [-0.15, -0.1) is 0 Å². The van der Waals surface area contributed by atoms with E-state index in [1.807, 2.05) is 48.5 Å². The Kier molecular flexibility index (Phi) is 6.69. The maximum Gasteiger partial charge on any atom is 0.255 e. The Morgan fingerprint density at radius 3 is 2.39 bits per heavy atom. The third-order valence-corrected chi connectivity index (χ3v) is 6.44. The Morgan fingerprint density at radius 2 is 1.67 bits per heavy atom. The van der Waals surface area contributed by atoms with Crippen molar-refractivity contribution in [3.05, 3.63) is 89.0 Å². The van der Waals surface area contributed by atoms with Crippen LogP contribution in [-0.4, -0.2) is 48.5 Å². The van der Waals surface area contributed by atoms with E-state index in [1.54, 1.807) is 44.3 Å². The molecule has 1 fully saturated rings. The van der Waals surface area contributed by atoms with Crippen molar-refractivity contribution in [2.24, 2.45) is 7.05 Å². The molecule has 1 aliphatic rings. The zero-order valence-electron chi connectivity index (χ0n) is 20.5. The molecule has 2 aromatic carbocycles. The molecule has 8 nitrogen and oxygen atoms in total. The van der Waals surface area contributed by atoms with Crippen molar-refractivity contribution in [1.29, 1.82) is 0 Å².